The van der Waals surface area contributed by atoms with E-state index in [1.54, 1.807) is 43.1 Å². The van der Waals surface area contributed by atoms with Crippen molar-refractivity contribution >= 4 is 38.6 Å². The number of aryl methyl sites for hydroxylation is 1. The molecule has 3 fully saturated rings. The molecule has 0 bridgehead atoms. The van der Waals surface area contributed by atoms with Crippen LogP contribution in [0.2, 0.25) is 0 Å². The van der Waals surface area contributed by atoms with Crippen molar-refractivity contribution in [1.29, 1.82) is 0 Å². The van der Waals surface area contributed by atoms with E-state index < -0.39 is 50.9 Å². The summed E-state index contributed by atoms with van der Waals surface area (Å²) in [5.74, 6) is -0.454. The lowest BCUT2D eigenvalue weighted by molar-refractivity contribution is -0.147. The Morgan fingerprint density at radius 2 is 2.00 bits per heavy atom. The predicted octanol–water partition coefficient (Wildman–Crippen LogP) is 2.71. The lowest BCUT2D eigenvalue weighted by atomic mass is 10.1. The van der Waals surface area contributed by atoms with E-state index in [1.807, 2.05) is 31.3 Å². The lowest BCUT2D eigenvalue weighted by Gasteiger charge is -2.28. The van der Waals surface area contributed by atoms with E-state index in [0.717, 1.165) is 24.8 Å². The molecule has 14 nitrogen and oxygen atoms in total. The Morgan fingerprint density at radius 1 is 1.18 bits per heavy atom. The van der Waals surface area contributed by atoms with Crippen LogP contribution >= 0.6 is 0 Å². The molecule has 2 N–H and O–H groups in total. The molecular weight excluding hydrogens is 664 g/mol. The van der Waals surface area contributed by atoms with Crippen molar-refractivity contribution in [2.75, 3.05) is 20.3 Å². The van der Waals surface area contributed by atoms with Gasteiger partial charge in [-0.2, -0.15) is 5.10 Å². The number of allylic oxidation sites excluding steroid dienone is 1. The molecule has 2 aromatic heterocycles. The molecule has 1 aromatic carbocycles. The molecule has 50 heavy (non-hydrogen) atoms. The molecule has 2 aliphatic carbocycles. The summed E-state index contributed by atoms with van der Waals surface area (Å²) in [5, 5.41) is 7.41. The minimum atomic E-state index is -3.85. The van der Waals surface area contributed by atoms with Gasteiger partial charge in [0.2, 0.25) is 15.9 Å². The molecular formula is C35H42N6O8S. The van der Waals surface area contributed by atoms with E-state index in [4.69, 9.17) is 19.2 Å². The quantitative estimate of drug-likeness (QED) is 0.348. The number of fused-ring (bicyclic) bond motifs is 3. The monoisotopic (exact) mass is 706 g/mol. The van der Waals surface area contributed by atoms with E-state index in [2.05, 4.69) is 15.1 Å². The average molecular weight is 707 g/mol. The fraction of sp³-hybridized carbons (Fsp3) is 0.514. The molecule has 266 valence electrons. The van der Waals surface area contributed by atoms with Crippen molar-refractivity contribution in [1.82, 2.24) is 29.7 Å². The maximum absolute atomic E-state index is 14.2. The number of ether oxygens (including phenoxy) is 3. The summed E-state index contributed by atoms with van der Waals surface area (Å²) in [6.45, 7) is 4.05. The molecule has 0 radical (unpaired) electrons. The molecule has 3 amide bonds. The zero-order chi connectivity index (χ0) is 35.2. The molecule has 3 aromatic rings. The number of hydrogen-bond acceptors (Lipinski definition) is 10. The number of pyridine rings is 1. The number of benzene rings is 1. The average Bonchev–Trinajstić information content (AvgIpc) is 3.98. The summed E-state index contributed by atoms with van der Waals surface area (Å²) in [6.07, 6.45) is 9.58. The Morgan fingerprint density at radius 3 is 2.74 bits per heavy atom. The van der Waals surface area contributed by atoms with Crippen LogP contribution in [0.15, 0.2) is 48.8 Å². The molecule has 7 rings (SSSR count). The lowest BCUT2D eigenvalue weighted by Crippen LogP contribution is -2.57. The van der Waals surface area contributed by atoms with Crippen LogP contribution in [0.5, 0.6) is 11.5 Å². The number of carbonyl (C=O) groups is 3. The number of hydrogen-bond donors (Lipinski definition) is 2. The molecule has 4 aliphatic rings. The van der Waals surface area contributed by atoms with Crippen LogP contribution in [0.1, 0.15) is 57.4 Å². The zero-order valence-corrected chi connectivity index (χ0v) is 29.1. The summed E-state index contributed by atoms with van der Waals surface area (Å²) >= 11 is 0. The summed E-state index contributed by atoms with van der Waals surface area (Å²) in [7, 11) is -2.27. The van der Waals surface area contributed by atoms with Crippen LogP contribution in [0.3, 0.4) is 0 Å². The molecule has 5 atom stereocenters. The second kappa shape index (κ2) is 13.3. The summed E-state index contributed by atoms with van der Waals surface area (Å²) in [5.41, 5.74) is 0.115. The van der Waals surface area contributed by atoms with Gasteiger partial charge in [-0.3, -0.25) is 19.1 Å². The minimum Gasteiger partial charge on any atom is -0.497 e. The number of amides is 3. The highest BCUT2D eigenvalue weighted by molar-refractivity contribution is 7.91. The maximum Gasteiger partial charge on any atom is 0.259 e. The van der Waals surface area contributed by atoms with Crippen molar-refractivity contribution < 1.29 is 37.0 Å². The highest BCUT2D eigenvalue weighted by Gasteiger charge is 2.62. The third-order valence-electron chi connectivity index (χ3n) is 9.87. The first-order valence-corrected chi connectivity index (χ1v) is 18.7. The first kappa shape index (κ1) is 34.0. The fourth-order valence-electron chi connectivity index (χ4n) is 6.75. The van der Waals surface area contributed by atoms with Crippen molar-refractivity contribution in [3.8, 4) is 17.3 Å². The number of nitrogens with zero attached hydrogens (tertiary/aromatic N) is 4. The van der Waals surface area contributed by atoms with Crippen molar-refractivity contribution in [3.63, 3.8) is 0 Å². The second-order valence-electron chi connectivity index (χ2n) is 13.7. The van der Waals surface area contributed by atoms with E-state index in [1.165, 1.54) is 4.90 Å². The van der Waals surface area contributed by atoms with Crippen LogP contribution in [0.25, 0.3) is 16.7 Å². The Balaban J connectivity index is 1.19. The topological polar surface area (TPSA) is 171 Å². The van der Waals surface area contributed by atoms with Gasteiger partial charge in [0.05, 0.1) is 30.6 Å². The molecule has 0 unspecified atom stereocenters. The first-order chi connectivity index (χ1) is 24.0. The van der Waals surface area contributed by atoms with E-state index >= 15 is 0 Å². The third-order valence-corrected chi connectivity index (χ3v) is 11.7. The van der Waals surface area contributed by atoms with Gasteiger partial charge in [-0.15, -0.1) is 0 Å². The van der Waals surface area contributed by atoms with Gasteiger partial charge in [-0.25, -0.2) is 18.1 Å². The number of methoxy groups -OCH3 is 1. The van der Waals surface area contributed by atoms with Crippen LogP contribution in [-0.2, 0) is 29.1 Å². The first-order valence-electron chi connectivity index (χ1n) is 17.1. The molecule has 15 heteroatoms. The second-order valence-corrected chi connectivity index (χ2v) is 15.7. The van der Waals surface area contributed by atoms with Gasteiger partial charge in [0, 0.05) is 42.7 Å². The van der Waals surface area contributed by atoms with Crippen LogP contribution in [0, 0.1) is 12.8 Å². The Bertz CT molecular complexity index is 1960. The van der Waals surface area contributed by atoms with E-state index in [9.17, 15) is 22.8 Å². The van der Waals surface area contributed by atoms with Gasteiger partial charge in [-0.05, 0) is 70.1 Å². The normalized spacial score (nSPS) is 28.1. The number of rotatable bonds is 7. The van der Waals surface area contributed by atoms with Gasteiger partial charge in [-0.1, -0.05) is 12.2 Å². The van der Waals surface area contributed by atoms with E-state index in [-0.39, 0.29) is 31.2 Å². The van der Waals surface area contributed by atoms with Gasteiger partial charge in [0.25, 0.3) is 11.8 Å². The summed E-state index contributed by atoms with van der Waals surface area (Å²) < 4.78 is 47.3. The van der Waals surface area contributed by atoms with Gasteiger partial charge >= 0.3 is 0 Å². The molecule has 2 aliphatic heterocycles. The predicted molar refractivity (Wildman–Crippen MR) is 182 cm³/mol. The van der Waals surface area contributed by atoms with Gasteiger partial charge in [0.15, 0.2) is 5.82 Å². The van der Waals surface area contributed by atoms with Gasteiger partial charge in [0.1, 0.15) is 35.3 Å². The summed E-state index contributed by atoms with van der Waals surface area (Å²) in [4.78, 5) is 47.9. The number of carbonyl (C=O) groups excluding carboxylic acids is 3. The maximum atomic E-state index is 14.2. The Labute approximate surface area is 290 Å². The summed E-state index contributed by atoms with van der Waals surface area (Å²) in [6, 6.07) is 6.21. The number of nitrogens with one attached hydrogen (secondary N) is 2. The van der Waals surface area contributed by atoms with Crippen LogP contribution < -0.4 is 19.5 Å². The molecule has 4 heterocycles. The highest BCUT2D eigenvalue weighted by atomic mass is 32.2. The molecule has 2 saturated carbocycles. The number of aromatic nitrogens is 3. The van der Waals surface area contributed by atoms with Crippen molar-refractivity contribution in [2.24, 2.45) is 5.92 Å². The zero-order valence-electron chi connectivity index (χ0n) is 28.3. The molecule has 1 saturated heterocycles. The highest BCUT2D eigenvalue weighted by Crippen LogP contribution is 2.46. The van der Waals surface area contributed by atoms with Crippen molar-refractivity contribution in [3.05, 3.63) is 54.4 Å². The van der Waals surface area contributed by atoms with E-state index in [0.29, 0.717) is 47.7 Å². The SMILES string of the molecule is COc1ccc2c(O[C@@H]3C[C@H]4C(=O)N[C@]5(C(=O)NS(=O)(=O)C6CC6)C[C@H]5/C=C\CCCCO[C@H](C)C(=O)N4C3)cc(-n3cc(C)cn3)nc2c1. The van der Waals surface area contributed by atoms with Gasteiger partial charge < -0.3 is 24.4 Å². The number of sulfonamides is 1. The Hall–Kier alpha value is -4.50. The Kier molecular flexibility index (Phi) is 9.05. The fourth-order valence-corrected chi connectivity index (χ4v) is 8.12. The minimum absolute atomic E-state index is 0.0827. The standard InChI is InChI=1S/C35H42N6O8S/c1-21-18-36-41(19-21)31-16-30(27-12-9-24(47-3)14-28(27)37-31)49-25-15-29-32(42)38-35(34(44)39-50(45,46)26-10-11-26)17-23(35)8-6-4-5-7-13-48-22(2)33(43)40(29)20-25/h6,8-9,12,14,16,18-19,22-23,25-26,29H,4-5,7,10-11,13,15,17,20H2,1-3H3,(H,38,42)(H,39,44)/b8-6-/t22-,23-,25-,29+,35-/m1/s1. The largest absolute Gasteiger partial charge is 0.497 e. The smallest absolute Gasteiger partial charge is 0.259 e. The molecule has 0 spiro atoms. The van der Waals surface area contributed by atoms with Crippen LogP contribution in [-0.4, -0.2) is 95.1 Å². The third kappa shape index (κ3) is 6.80. The van der Waals surface area contributed by atoms with Crippen LogP contribution in [0.4, 0.5) is 0 Å². The van der Waals surface area contributed by atoms with Crippen molar-refractivity contribution in [2.45, 2.75) is 87.8 Å².